The number of hydrogen-bond donors (Lipinski definition) is 1. The number of nitrogens with zero attached hydrogens (tertiary/aromatic N) is 4. The average molecular weight is 339 g/mol. The second kappa shape index (κ2) is 7.35. The van der Waals surface area contributed by atoms with Crippen LogP contribution in [0.5, 0.6) is 0 Å². The van der Waals surface area contributed by atoms with Crippen molar-refractivity contribution in [3.8, 4) is 0 Å². The Morgan fingerprint density at radius 2 is 2.04 bits per heavy atom. The Balaban J connectivity index is 1.28. The molecule has 0 spiro atoms. The fraction of sp³-hybridized carbons (Fsp3) is 0.526. The Labute approximate surface area is 148 Å². The average Bonchev–Trinajstić information content (AvgIpc) is 3.25. The number of fused-ring (bicyclic) bond motifs is 1. The normalized spacial score (nSPS) is 20.4. The molecule has 0 aliphatic carbocycles. The minimum absolute atomic E-state index is 0.0732. The zero-order chi connectivity index (χ0) is 17.1. The molecule has 0 unspecified atom stereocenters. The summed E-state index contributed by atoms with van der Waals surface area (Å²) in [6.45, 7) is 3.86. The number of aromatic nitrogens is 3. The van der Waals surface area contributed by atoms with Crippen LogP contribution in [0.3, 0.4) is 0 Å². The van der Waals surface area contributed by atoms with Crippen LogP contribution in [0, 0.1) is 0 Å². The van der Waals surface area contributed by atoms with Crippen LogP contribution in [0.2, 0.25) is 0 Å². The number of hydrogen-bond acceptors (Lipinski definition) is 4. The van der Waals surface area contributed by atoms with Crippen LogP contribution in [0.1, 0.15) is 42.4 Å². The summed E-state index contributed by atoms with van der Waals surface area (Å²) in [7, 11) is 0. The van der Waals surface area contributed by atoms with E-state index in [1.54, 1.807) is 0 Å². The van der Waals surface area contributed by atoms with Gasteiger partial charge in [0.2, 0.25) is 5.91 Å². The molecular formula is C19H25N5O. The fourth-order valence-electron chi connectivity index (χ4n) is 3.97. The van der Waals surface area contributed by atoms with E-state index in [-0.39, 0.29) is 5.91 Å². The third kappa shape index (κ3) is 3.74. The first-order valence-corrected chi connectivity index (χ1v) is 9.24. The Morgan fingerprint density at radius 1 is 1.16 bits per heavy atom. The van der Waals surface area contributed by atoms with Gasteiger partial charge in [-0.25, -0.2) is 0 Å². The monoisotopic (exact) mass is 339 g/mol. The highest BCUT2D eigenvalue weighted by molar-refractivity contribution is 5.77. The Hall–Kier alpha value is -2.21. The summed E-state index contributed by atoms with van der Waals surface area (Å²) >= 11 is 0. The molecule has 6 nitrogen and oxygen atoms in total. The number of carbonyl (C=O) groups is 1. The van der Waals surface area contributed by atoms with Crippen molar-refractivity contribution in [2.24, 2.45) is 0 Å². The molecule has 1 fully saturated rings. The summed E-state index contributed by atoms with van der Waals surface area (Å²) in [4.78, 5) is 14.6. The Bertz CT molecular complexity index is 727. The van der Waals surface area contributed by atoms with E-state index in [1.165, 1.54) is 12.0 Å². The molecule has 2 aromatic rings. The molecular weight excluding hydrogens is 314 g/mol. The van der Waals surface area contributed by atoms with Gasteiger partial charge in [0.25, 0.3) is 0 Å². The summed E-state index contributed by atoms with van der Waals surface area (Å²) < 4.78 is 2.13. The maximum absolute atomic E-state index is 12.3. The van der Waals surface area contributed by atoms with Gasteiger partial charge in [-0.15, -0.1) is 10.2 Å². The molecule has 6 heteroatoms. The van der Waals surface area contributed by atoms with E-state index in [0.29, 0.717) is 19.0 Å². The van der Waals surface area contributed by atoms with E-state index in [1.807, 2.05) is 0 Å². The van der Waals surface area contributed by atoms with Crippen LogP contribution in [-0.4, -0.2) is 45.2 Å². The summed E-state index contributed by atoms with van der Waals surface area (Å²) in [6.07, 6.45) is 4.47. The number of aryl methyl sites for hydroxylation is 1. The van der Waals surface area contributed by atoms with E-state index in [2.05, 4.69) is 55.3 Å². The fourth-order valence-corrected chi connectivity index (χ4v) is 3.97. The van der Waals surface area contributed by atoms with Crippen molar-refractivity contribution in [1.82, 2.24) is 25.0 Å². The van der Waals surface area contributed by atoms with Gasteiger partial charge < -0.3 is 9.88 Å². The van der Waals surface area contributed by atoms with E-state index < -0.39 is 0 Å². The van der Waals surface area contributed by atoms with Crippen LogP contribution < -0.4 is 5.32 Å². The second-order valence-electron chi connectivity index (χ2n) is 7.05. The standard InChI is InChI=1S/C19H25N5O/c25-19(20-12-18-22-21-17-9-5-11-24(17)18)14-23-10-4-8-16(13-23)15-6-2-1-3-7-15/h1-3,6-7,16H,4-5,8-14H2,(H,20,25)/t16-/m1/s1. The quantitative estimate of drug-likeness (QED) is 0.901. The Kier molecular flexibility index (Phi) is 4.78. The van der Waals surface area contributed by atoms with E-state index in [4.69, 9.17) is 0 Å². The van der Waals surface area contributed by atoms with Crippen LogP contribution in [0.4, 0.5) is 0 Å². The number of amides is 1. The highest BCUT2D eigenvalue weighted by Gasteiger charge is 2.23. The van der Waals surface area contributed by atoms with Gasteiger partial charge in [-0.3, -0.25) is 9.69 Å². The van der Waals surface area contributed by atoms with Gasteiger partial charge >= 0.3 is 0 Å². The molecule has 1 atom stereocenters. The Morgan fingerprint density at radius 3 is 2.92 bits per heavy atom. The molecule has 3 heterocycles. The molecule has 0 bridgehead atoms. The largest absolute Gasteiger partial charge is 0.348 e. The molecule has 4 rings (SSSR count). The molecule has 2 aliphatic rings. The van der Waals surface area contributed by atoms with Gasteiger partial charge in [-0.2, -0.15) is 0 Å². The molecule has 25 heavy (non-hydrogen) atoms. The number of likely N-dealkylation sites (tertiary alicyclic amines) is 1. The molecule has 1 aromatic heterocycles. The van der Waals surface area contributed by atoms with Crippen LogP contribution in [0.25, 0.3) is 0 Å². The van der Waals surface area contributed by atoms with Gasteiger partial charge in [0.15, 0.2) is 5.82 Å². The highest BCUT2D eigenvalue weighted by atomic mass is 16.2. The maximum atomic E-state index is 12.3. The van der Waals surface area contributed by atoms with E-state index in [9.17, 15) is 4.79 Å². The van der Waals surface area contributed by atoms with Gasteiger partial charge in [0.05, 0.1) is 13.1 Å². The van der Waals surface area contributed by atoms with E-state index in [0.717, 1.165) is 50.5 Å². The predicted molar refractivity (Wildman–Crippen MR) is 95.0 cm³/mol. The van der Waals surface area contributed by atoms with Gasteiger partial charge in [-0.05, 0) is 37.3 Å². The number of piperidine rings is 1. The summed E-state index contributed by atoms with van der Waals surface area (Å²) in [6, 6.07) is 10.6. The van der Waals surface area contributed by atoms with Gasteiger partial charge in [0, 0.05) is 19.5 Å². The van der Waals surface area contributed by atoms with Crippen molar-refractivity contribution in [3.63, 3.8) is 0 Å². The molecule has 1 N–H and O–H groups in total. The van der Waals surface area contributed by atoms with Crippen molar-refractivity contribution in [3.05, 3.63) is 47.5 Å². The van der Waals surface area contributed by atoms with Crippen LogP contribution in [0.15, 0.2) is 30.3 Å². The third-order valence-electron chi connectivity index (χ3n) is 5.27. The first-order chi connectivity index (χ1) is 12.3. The molecule has 132 valence electrons. The lowest BCUT2D eigenvalue weighted by Gasteiger charge is -2.32. The second-order valence-corrected chi connectivity index (χ2v) is 7.05. The van der Waals surface area contributed by atoms with Gasteiger partial charge in [0.1, 0.15) is 5.82 Å². The van der Waals surface area contributed by atoms with Crippen molar-refractivity contribution in [1.29, 1.82) is 0 Å². The number of benzene rings is 1. The topological polar surface area (TPSA) is 63.1 Å². The molecule has 1 saturated heterocycles. The minimum atomic E-state index is 0.0732. The first-order valence-electron chi connectivity index (χ1n) is 9.24. The lowest BCUT2D eigenvalue weighted by molar-refractivity contribution is -0.122. The SMILES string of the molecule is O=C(CN1CCC[C@@H](c2ccccc2)C1)NCc1nnc2n1CCC2. The lowest BCUT2D eigenvalue weighted by atomic mass is 9.91. The highest BCUT2D eigenvalue weighted by Crippen LogP contribution is 2.26. The molecule has 2 aliphatic heterocycles. The lowest BCUT2D eigenvalue weighted by Crippen LogP contribution is -2.42. The zero-order valence-electron chi connectivity index (χ0n) is 14.5. The summed E-state index contributed by atoms with van der Waals surface area (Å²) in [5, 5.41) is 11.4. The number of nitrogens with one attached hydrogen (secondary N) is 1. The number of rotatable bonds is 5. The number of carbonyl (C=O) groups excluding carboxylic acids is 1. The van der Waals surface area contributed by atoms with Crippen LogP contribution in [-0.2, 0) is 24.3 Å². The van der Waals surface area contributed by atoms with Crippen molar-refractivity contribution in [2.75, 3.05) is 19.6 Å². The molecule has 1 amide bonds. The smallest absolute Gasteiger partial charge is 0.234 e. The van der Waals surface area contributed by atoms with Crippen molar-refractivity contribution >= 4 is 5.91 Å². The summed E-state index contributed by atoms with van der Waals surface area (Å²) in [5.74, 6) is 2.53. The molecule has 1 aromatic carbocycles. The van der Waals surface area contributed by atoms with E-state index >= 15 is 0 Å². The summed E-state index contributed by atoms with van der Waals surface area (Å²) in [5.41, 5.74) is 1.38. The predicted octanol–water partition coefficient (Wildman–Crippen LogP) is 1.72. The van der Waals surface area contributed by atoms with Crippen LogP contribution >= 0.6 is 0 Å². The van der Waals surface area contributed by atoms with Gasteiger partial charge in [-0.1, -0.05) is 30.3 Å². The zero-order valence-corrected chi connectivity index (χ0v) is 14.5. The third-order valence-corrected chi connectivity index (χ3v) is 5.27. The van der Waals surface area contributed by atoms with Crippen molar-refractivity contribution < 1.29 is 4.79 Å². The molecule has 0 saturated carbocycles. The van der Waals surface area contributed by atoms with Crippen molar-refractivity contribution in [2.45, 2.75) is 44.7 Å². The first kappa shape index (κ1) is 16.3. The molecule has 0 radical (unpaired) electrons. The minimum Gasteiger partial charge on any atom is -0.348 e. The maximum Gasteiger partial charge on any atom is 0.234 e.